The van der Waals surface area contributed by atoms with Crippen LogP contribution in [-0.4, -0.2) is 58.2 Å². The molecule has 0 amide bonds. The maximum Gasteiger partial charge on any atom is 0.284 e. The first-order chi connectivity index (χ1) is 5.27. The molecule has 12 radical (unpaired) electrons. The Labute approximate surface area is 79.2 Å². The van der Waals surface area contributed by atoms with Gasteiger partial charge in [0.25, 0.3) is 22.6 Å². The molecule has 0 aromatic carbocycles. The standard InChI is InChI=1S/B3H3N3.HN2Si3/c1-4-2-6-3-5-1;3-1-2(4)5/h4-6H;1H. The summed E-state index contributed by atoms with van der Waals surface area (Å²) in [7, 11) is 14.1. The summed E-state index contributed by atoms with van der Waals surface area (Å²) < 4.78 is 1.40. The maximum absolute atomic E-state index is 3.00. The fourth-order valence-corrected chi connectivity index (χ4v) is 0.269. The largest absolute Gasteiger partial charge is 0.379 e. The zero-order chi connectivity index (χ0) is 8.53. The average Bonchev–Trinajstić information content (AvgIpc) is 2.09. The molecule has 11 heteroatoms. The topological polar surface area (TPSA) is 51.4 Å². The zero-order valence-corrected chi connectivity index (χ0v) is 8.68. The number of hydrogen-bond donors (Lipinski definition) is 4. The van der Waals surface area contributed by atoms with E-state index in [1.54, 1.807) is 22.6 Å². The SMILES string of the molecule is [B]1N[B]N[B]N1.[Si]NN([Si])[Si]. The van der Waals surface area contributed by atoms with Crippen molar-refractivity contribution in [2.24, 2.45) is 0 Å². The van der Waals surface area contributed by atoms with E-state index >= 15 is 0 Å². The van der Waals surface area contributed by atoms with Crippen LogP contribution in [0.25, 0.3) is 0 Å². The van der Waals surface area contributed by atoms with Crippen LogP contribution in [0.15, 0.2) is 0 Å². The Morgan fingerprint density at radius 3 is 1.36 bits per heavy atom. The molecule has 1 aliphatic heterocycles. The van der Waals surface area contributed by atoms with Gasteiger partial charge in [0, 0.05) is 0 Å². The minimum absolute atomic E-state index is 1.40. The number of rotatable bonds is 1. The summed E-state index contributed by atoms with van der Waals surface area (Å²) in [5, 5.41) is 10.8. The van der Waals surface area contributed by atoms with Gasteiger partial charge in [-0.25, -0.2) is 0 Å². The molecule has 5 nitrogen and oxygen atoms in total. The molecule has 1 fully saturated rings. The summed E-state index contributed by atoms with van der Waals surface area (Å²) >= 11 is 0. The Morgan fingerprint density at radius 2 is 1.27 bits per heavy atom. The summed E-state index contributed by atoms with van der Waals surface area (Å²) in [5.74, 6) is 0. The van der Waals surface area contributed by atoms with E-state index < -0.39 is 0 Å². The fourth-order valence-electron chi connectivity index (χ4n) is 0.269. The van der Waals surface area contributed by atoms with Crippen molar-refractivity contribution in [2.45, 2.75) is 0 Å². The van der Waals surface area contributed by atoms with E-state index in [0.29, 0.717) is 0 Å². The Kier molecular flexibility index (Phi) is 9.25. The molecule has 0 aromatic rings. The minimum atomic E-state index is 1.40. The van der Waals surface area contributed by atoms with Gasteiger partial charge in [0.1, 0.15) is 0 Å². The normalized spacial score (nSPS) is 15.3. The van der Waals surface area contributed by atoms with E-state index in [9.17, 15) is 0 Å². The summed E-state index contributed by atoms with van der Waals surface area (Å²) in [4.78, 5) is 0. The molecule has 1 heterocycles. The van der Waals surface area contributed by atoms with Crippen LogP contribution in [0.2, 0.25) is 0 Å². The van der Waals surface area contributed by atoms with Crippen molar-refractivity contribution in [2.75, 3.05) is 0 Å². The highest BCUT2D eigenvalue weighted by Gasteiger charge is 1.98. The van der Waals surface area contributed by atoms with Crippen LogP contribution in [-0.2, 0) is 0 Å². The number of nitrogens with one attached hydrogen (secondary N) is 4. The van der Waals surface area contributed by atoms with Gasteiger partial charge in [-0.15, -0.1) is 0 Å². The molecule has 0 atom stereocenters. The number of hydrazine groups is 1. The first-order valence-electron chi connectivity index (χ1n) is 2.65. The van der Waals surface area contributed by atoms with Crippen molar-refractivity contribution in [3.63, 3.8) is 0 Å². The number of nitrogens with zero attached hydrogens (tertiary/aromatic N) is 1. The van der Waals surface area contributed by atoms with Crippen LogP contribution in [0.4, 0.5) is 0 Å². The highest BCUT2D eigenvalue weighted by atomic mass is 28.2. The zero-order valence-electron chi connectivity index (χ0n) is 5.68. The van der Waals surface area contributed by atoms with Crippen LogP contribution in [0, 0.1) is 0 Å². The molecule has 4 N–H and O–H groups in total. The van der Waals surface area contributed by atoms with Crippen LogP contribution in [0.3, 0.4) is 0 Å². The van der Waals surface area contributed by atoms with Gasteiger partial charge in [0.05, 0.1) is 0 Å². The van der Waals surface area contributed by atoms with Gasteiger partial charge in [-0.05, 0) is 0 Å². The molecule has 11 heavy (non-hydrogen) atoms. The minimum Gasteiger partial charge on any atom is -0.379 e. The van der Waals surface area contributed by atoms with Gasteiger partial charge < -0.3 is 15.4 Å². The lowest BCUT2D eigenvalue weighted by Gasteiger charge is -2.07. The van der Waals surface area contributed by atoms with Crippen LogP contribution in [0.5, 0.6) is 0 Å². The molecule has 1 saturated heterocycles. The predicted octanol–water partition coefficient (Wildman–Crippen LogP) is -4.59. The molecule has 0 aliphatic carbocycles. The van der Waals surface area contributed by atoms with Crippen LogP contribution >= 0.6 is 0 Å². The van der Waals surface area contributed by atoms with Crippen molar-refractivity contribution in [3.8, 4) is 0 Å². The Morgan fingerprint density at radius 1 is 1.00 bits per heavy atom. The lowest BCUT2D eigenvalue weighted by molar-refractivity contribution is 0.676. The smallest absolute Gasteiger partial charge is 0.284 e. The van der Waals surface area contributed by atoms with Crippen molar-refractivity contribution in [3.05, 3.63) is 0 Å². The molecular weight excluding hydrogens is 187 g/mol. The second-order valence-electron chi connectivity index (χ2n) is 1.38. The average molecular weight is 191 g/mol. The second kappa shape index (κ2) is 8.74. The van der Waals surface area contributed by atoms with E-state index in [4.69, 9.17) is 0 Å². The third-order valence-corrected chi connectivity index (χ3v) is 1.51. The third-order valence-electron chi connectivity index (χ3n) is 0.612. The van der Waals surface area contributed by atoms with Crippen LogP contribution < -0.4 is 20.5 Å². The van der Waals surface area contributed by atoms with E-state index in [0.717, 1.165) is 0 Å². The predicted molar refractivity (Wildman–Crippen MR) is 48.9 cm³/mol. The molecule has 1 rings (SSSR count). The Hall–Kier alpha value is 0.645. The van der Waals surface area contributed by atoms with Crippen molar-refractivity contribution in [1.82, 2.24) is 24.8 Å². The highest BCUT2D eigenvalue weighted by molar-refractivity contribution is 6.65. The van der Waals surface area contributed by atoms with Crippen LogP contribution in [0.1, 0.15) is 0 Å². The summed E-state index contributed by atoms with van der Waals surface area (Å²) in [6.07, 6.45) is 0. The number of hydrogen-bond acceptors (Lipinski definition) is 5. The molecule has 0 aromatic heterocycles. The lowest BCUT2D eigenvalue weighted by Crippen LogP contribution is -2.55. The lowest BCUT2D eigenvalue weighted by atomic mass is 9.85. The molecule has 0 spiro atoms. The Bertz CT molecular complexity index is 65.9. The van der Waals surface area contributed by atoms with Crippen molar-refractivity contribution >= 4 is 53.9 Å². The molecular formula is H4B3N5Si3. The second-order valence-corrected chi connectivity index (χ2v) is 2.95. The molecule has 0 bridgehead atoms. The summed E-state index contributed by atoms with van der Waals surface area (Å²) in [5.41, 5.74) is 0. The first kappa shape index (κ1) is 11.6. The van der Waals surface area contributed by atoms with E-state index in [1.807, 2.05) is 0 Å². The van der Waals surface area contributed by atoms with E-state index in [-0.39, 0.29) is 0 Å². The van der Waals surface area contributed by atoms with E-state index in [1.165, 1.54) is 4.34 Å². The summed E-state index contributed by atoms with van der Waals surface area (Å²) in [6.45, 7) is 0. The highest BCUT2D eigenvalue weighted by Crippen LogP contribution is 1.47. The van der Waals surface area contributed by atoms with Gasteiger partial charge in [0.15, 0.2) is 31.2 Å². The maximum atomic E-state index is 3.00. The fraction of sp³-hybridized carbons (Fsp3) is 0. The van der Waals surface area contributed by atoms with Gasteiger partial charge >= 0.3 is 0 Å². The molecule has 1 aliphatic rings. The molecule has 50 valence electrons. The van der Waals surface area contributed by atoms with Gasteiger partial charge in [0.2, 0.25) is 0 Å². The van der Waals surface area contributed by atoms with Crippen molar-refractivity contribution < 1.29 is 0 Å². The summed E-state index contributed by atoms with van der Waals surface area (Å²) in [6, 6.07) is 0. The monoisotopic (exact) mass is 191 g/mol. The van der Waals surface area contributed by atoms with E-state index in [2.05, 4.69) is 51.7 Å². The van der Waals surface area contributed by atoms with Gasteiger partial charge in [-0.1, -0.05) is 0 Å². The quantitative estimate of drug-likeness (QED) is 0.248. The van der Waals surface area contributed by atoms with Crippen molar-refractivity contribution in [1.29, 1.82) is 0 Å². The molecule has 0 unspecified atom stereocenters. The van der Waals surface area contributed by atoms with Gasteiger partial charge in [-0.2, -0.15) is 0 Å². The first-order valence-corrected chi connectivity index (χ1v) is 4.05. The molecule has 0 saturated carbocycles. The van der Waals surface area contributed by atoms with Gasteiger partial charge in [-0.3, -0.25) is 9.43 Å². The Balaban J connectivity index is 0.000000187. The third kappa shape index (κ3) is 10.6.